The molecule has 0 bridgehead atoms. The van der Waals surface area contributed by atoms with Crippen molar-refractivity contribution in [2.24, 2.45) is 0 Å². The number of hydrogen-bond donors (Lipinski definition) is 2. The average Bonchev–Trinajstić information content (AvgIpc) is 2.82. The van der Waals surface area contributed by atoms with E-state index >= 15 is 0 Å². The van der Waals surface area contributed by atoms with E-state index in [1.165, 1.54) is 0 Å². The van der Waals surface area contributed by atoms with Gasteiger partial charge in [0, 0.05) is 12.3 Å². The van der Waals surface area contributed by atoms with Gasteiger partial charge in [-0.05, 0) is 13.1 Å². The number of aromatic nitrogens is 4. The predicted octanol–water partition coefficient (Wildman–Crippen LogP) is 1.37. The lowest BCUT2D eigenvalue weighted by molar-refractivity contribution is 0.324. The second kappa shape index (κ2) is 6.01. The number of nitrogens with two attached hydrogens (primary N) is 1. The van der Waals surface area contributed by atoms with Gasteiger partial charge in [-0.15, -0.1) is 11.8 Å². The number of anilines is 1. The number of thioether (sulfide) groups is 1. The summed E-state index contributed by atoms with van der Waals surface area (Å²) in [5.41, 5.74) is 7.17. The van der Waals surface area contributed by atoms with Crippen molar-refractivity contribution >= 4 is 28.9 Å². The summed E-state index contributed by atoms with van der Waals surface area (Å²) in [6.45, 7) is 7.52. The second-order valence-electron chi connectivity index (χ2n) is 3.86. The van der Waals surface area contributed by atoms with Gasteiger partial charge in [0.1, 0.15) is 10.5 Å². The van der Waals surface area contributed by atoms with Crippen molar-refractivity contribution in [3.8, 4) is 0 Å². The number of aromatic amines is 1. The van der Waals surface area contributed by atoms with Crippen molar-refractivity contribution < 1.29 is 0 Å². The molecule has 0 unspecified atom stereocenters. The molecule has 2 rings (SSSR count). The molecule has 0 fully saturated rings. The molecule has 2 heterocycles. The van der Waals surface area contributed by atoms with Gasteiger partial charge in [-0.25, -0.2) is 9.97 Å². The molecular weight excluding hydrogens is 248 g/mol. The number of H-pyrrole nitrogens is 1. The zero-order valence-electron chi connectivity index (χ0n) is 10.7. The molecule has 6 nitrogen and oxygen atoms in total. The lowest BCUT2D eigenvalue weighted by atomic mass is 10.5. The lowest BCUT2D eigenvalue weighted by Crippen LogP contribution is -2.25. The van der Waals surface area contributed by atoms with Crippen LogP contribution in [0.5, 0.6) is 0 Å². The molecule has 0 aliphatic heterocycles. The molecule has 0 radical (unpaired) electrons. The van der Waals surface area contributed by atoms with Gasteiger partial charge in [-0.2, -0.15) is 4.98 Å². The summed E-state index contributed by atoms with van der Waals surface area (Å²) in [6.07, 6.45) is 1.62. The van der Waals surface area contributed by atoms with Crippen LogP contribution in [0.15, 0.2) is 11.4 Å². The largest absolute Gasteiger partial charge is 0.368 e. The Morgan fingerprint density at radius 1 is 1.33 bits per heavy atom. The lowest BCUT2D eigenvalue weighted by Gasteiger charge is -2.17. The number of nitrogens with zero attached hydrogens (tertiary/aromatic N) is 4. The number of nitrogens with one attached hydrogen (secondary N) is 1. The maximum Gasteiger partial charge on any atom is 0.223 e. The molecular formula is C11H18N6S. The molecule has 2 aromatic rings. The van der Waals surface area contributed by atoms with E-state index in [0.717, 1.165) is 35.9 Å². The summed E-state index contributed by atoms with van der Waals surface area (Å²) in [5.74, 6) is 1.26. The first-order valence-electron chi connectivity index (χ1n) is 6.06. The summed E-state index contributed by atoms with van der Waals surface area (Å²) in [5, 5.41) is 0.877. The first kappa shape index (κ1) is 13.1. The predicted molar refractivity (Wildman–Crippen MR) is 74.6 cm³/mol. The minimum atomic E-state index is 0.278. The topological polar surface area (TPSA) is 83.7 Å². The van der Waals surface area contributed by atoms with Gasteiger partial charge >= 0.3 is 0 Å². The highest BCUT2D eigenvalue weighted by Gasteiger charge is 2.09. The van der Waals surface area contributed by atoms with Crippen molar-refractivity contribution in [2.45, 2.75) is 18.9 Å². The highest BCUT2D eigenvalue weighted by atomic mass is 32.2. The first-order chi connectivity index (χ1) is 8.74. The molecule has 0 atom stereocenters. The fourth-order valence-electron chi connectivity index (χ4n) is 1.74. The van der Waals surface area contributed by atoms with Gasteiger partial charge in [0.05, 0.1) is 6.33 Å². The average molecular weight is 266 g/mol. The van der Waals surface area contributed by atoms with Crippen LogP contribution < -0.4 is 5.73 Å². The molecule has 2 aromatic heterocycles. The Morgan fingerprint density at radius 3 is 2.83 bits per heavy atom. The third-order valence-electron chi connectivity index (χ3n) is 2.81. The van der Waals surface area contributed by atoms with Crippen LogP contribution >= 0.6 is 11.8 Å². The maximum atomic E-state index is 5.67. The van der Waals surface area contributed by atoms with E-state index in [0.29, 0.717) is 5.65 Å². The highest BCUT2D eigenvalue weighted by Crippen LogP contribution is 2.23. The van der Waals surface area contributed by atoms with E-state index in [9.17, 15) is 0 Å². The quantitative estimate of drug-likeness (QED) is 0.607. The third-order valence-corrected chi connectivity index (χ3v) is 3.77. The Kier molecular flexibility index (Phi) is 4.38. The number of rotatable bonds is 6. The molecule has 18 heavy (non-hydrogen) atoms. The molecule has 0 aromatic carbocycles. The van der Waals surface area contributed by atoms with Crippen LogP contribution in [0, 0.1) is 0 Å². The molecule has 0 aliphatic carbocycles. The zero-order chi connectivity index (χ0) is 13.0. The fraction of sp³-hybridized carbons (Fsp3) is 0.545. The van der Waals surface area contributed by atoms with Gasteiger partial charge in [-0.3, -0.25) is 0 Å². The molecule has 7 heteroatoms. The summed E-state index contributed by atoms with van der Waals surface area (Å²) < 4.78 is 0. The van der Waals surface area contributed by atoms with Crippen molar-refractivity contribution in [3.63, 3.8) is 0 Å². The summed E-state index contributed by atoms with van der Waals surface area (Å²) in [6, 6.07) is 0. The Hall–Kier alpha value is -1.34. The van der Waals surface area contributed by atoms with Crippen molar-refractivity contribution in [2.75, 3.05) is 31.1 Å². The van der Waals surface area contributed by atoms with Crippen LogP contribution in [0.2, 0.25) is 0 Å². The zero-order valence-corrected chi connectivity index (χ0v) is 11.5. The first-order valence-corrected chi connectivity index (χ1v) is 7.04. The minimum absolute atomic E-state index is 0.278. The van der Waals surface area contributed by atoms with Gasteiger partial charge < -0.3 is 15.6 Å². The van der Waals surface area contributed by atoms with Crippen molar-refractivity contribution in [3.05, 3.63) is 6.33 Å². The molecule has 0 amide bonds. The maximum absolute atomic E-state index is 5.67. The van der Waals surface area contributed by atoms with Crippen LogP contribution in [0.3, 0.4) is 0 Å². The van der Waals surface area contributed by atoms with Crippen LogP contribution in [-0.4, -0.2) is 50.2 Å². The molecule has 0 aliphatic rings. The van der Waals surface area contributed by atoms with Crippen LogP contribution in [0.1, 0.15) is 13.8 Å². The number of imidazole rings is 1. The fourth-order valence-corrected chi connectivity index (χ4v) is 2.73. The van der Waals surface area contributed by atoms with E-state index in [1.54, 1.807) is 18.1 Å². The van der Waals surface area contributed by atoms with Gasteiger partial charge in [0.25, 0.3) is 0 Å². The van der Waals surface area contributed by atoms with E-state index in [4.69, 9.17) is 5.73 Å². The number of nitrogen functional groups attached to an aromatic ring is 1. The summed E-state index contributed by atoms with van der Waals surface area (Å²) >= 11 is 1.68. The number of fused-ring (bicyclic) bond motifs is 1. The smallest absolute Gasteiger partial charge is 0.223 e. The normalized spacial score (nSPS) is 11.5. The molecule has 98 valence electrons. The van der Waals surface area contributed by atoms with Crippen LogP contribution in [-0.2, 0) is 0 Å². The van der Waals surface area contributed by atoms with E-state index < -0.39 is 0 Å². The van der Waals surface area contributed by atoms with E-state index in [2.05, 4.69) is 38.7 Å². The second-order valence-corrected chi connectivity index (χ2v) is 4.95. The standard InChI is InChI=1S/C11H18N6S/c1-3-17(4-2)5-6-18-10-8-9(14-7-13-8)15-11(12)16-10/h7H,3-6H2,1-2H3,(H3,12,13,14,15,16). The van der Waals surface area contributed by atoms with Crippen molar-refractivity contribution in [1.82, 2.24) is 24.8 Å². The molecule has 3 N–H and O–H groups in total. The van der Waals surface area contributed by atoms with E-state index in [-0.39, 0.29) is 5.95 Å². The molecule has 0 spiro atoms. The Labute approximate surface area is 110 Å². The van der Waals surface area contributed by atoms with Gasteiger partial charge in [0.2, 0.25) is 5.95 Å². The van der Waals surface area contributed by atoms with E-state index in [1.807, 2.05) is 0 Å². The van der Waals surface area contributed by atoms with Gasteiger partial charge in [-0.1, -0.05) is 13.8 Å². The number of hydrogen-bond acceptors (Lipinski definition) is 6. The Bertz CT molecular complexity index is 507. The van der Waals surface area contributed by atoms with Crippen LogP contribution in [0.25, 0.3) is 11.2 Å². The van der Waals surface area contributed by atoms with Crippen LogP contribution in [0.4, 0.5) is 5.95 Å². The minimum Gasteiger partial charge on any atom is -0.368 e. The Balaban J connectivity index is 2.05. The van der Waals surface area contributed by atoms with Crippen molar-refractivity contribution in [1.29, 1.82) is 0 Å². The monoisotopic (exact) mass is 266 g/mol. The highest BCUT2D eigenvalue weighted by molar-refractivity contribution is 7.99. The SMILES string of the molecule is CCN(CC)CCSc1nc(N)nc2nc[nH]c12. The summed E-state index contributed by atoms with van der Waals surface area (Å²) in [7, 11) is 0. The van der Waals surface area contributed by atoms with Gasteiger partial charge in [0.15, 0.2) is 5.65 Å². The Morgan fingerprint density at radius 2 is 2.11 bits per heavy atom. The molecule has 0 saturated carbocycles. The molecule has 0 saturated heterocycles. The summed E-state index contributed by atoms with van der Waals surface area (Å²) in [4.78, 5) is 17.9. The third kappa shape index (κ3) is 2.91.